The molecule has 1 aromatic carbocycles. The molecule has 0 radical (unpaired) electrons. The lowest BCUT2D eigenvalue weighted by molar-refractivity contribution is 0.0315. The van der Waals surface area contributed by atoms with Crippen LogP contribution in [-0.2, 0) is 10.2 Å². The predicted molar refractivity (Wildman–Crippen MR) is 126 cm³/mol. The third-order valence-corrected chi connectivity index (χ3v) is 7.31. The molecule has 2 saturated heterocycles. The van der Waals surface area contributed by atoms with E-state index in [1.54, 1.807) is 7.11 Å². The molecule has 1 N–H and O–H groups in total. The zero-order valence-corrected chi connectivity index (χ0v) is 19.4. The minimum Gasteiger partial charge on any atom is -0.497 e. The number of methoxy groups -OCH3 is 1. The first kappa shape index (κ1) is 22.4. The van der Waals surface area contributed by atoms with Crippen molar-refractivity contribution < 1.29 is 9.47 Å². The number of nitrogens with zero attached hydrogens (tertiary/aromatic N) is 3. The summed E-state index contributed by atoms with van der Waals surface area (Å²) in [6.45, 7) is 11.3. The Morgan fingerprint density at radius 2 is 2.03 bits per heavy atom. The van der Waals surface area contributed by atoms with E-state index in [0.717, 1.165) is 70.1 Å². The van der Waals surface area contributed by atoms with Crippen LogP contribution in [0.5, 0.6) is 5.75 Å². The van der Waals surface area contributed by atoms with Crippen LogP contribution in [0, 0.1) is 5.92 Å². The highest BCUT2D eigenvalue weighted by molar-refractivity contribution is 5.80. The van der Waals surface area contributed by atoms with Gasteiger partial charge in [0.2, 0.25) is 0 Å². The van der Waals surface area contributed by atoms with Crippen LogP contribution in [0.2, 0.25) is 0 Å². The fourth-order valence-corrected chi connectivity index (χ4v) is 5.52. The molecular formula is C25H40N4O2. The number of benzene rings is 1. The van der Waals surface area contributed by atoms with Gasteiger partial charge in [0.05, 0.1) is 26.9 Å². The molecule has 2 heterocycles. The van der Waals surface area contributed by atoms with Crippen LogP contribution in [0.25, 0.3) is 0 Å². The van der Waals surface area contributed by atoms with Crippen molar-refractivity contribution in [1.29, 1.82) is 0 Å². The number of hydrogen-bond donors (Lipinski definition) is 1. The summed E-state index contributed by atoms with van der Waals surface area (Å²) in [5.74, 6) is 2.77. The number of rotatable bonds is 7. The van der Waals surface area contributed by atoms with Gasteiger partial charge in [0, 0.05) is 44.7 Å². The van der Waals surface area contributed by atoms with E-state index in [1.165, 1.54) is 44.2 Å². The fourth-order valence-electron chi connectivity index (χ4n) is 5.52. The van der Waals surface area contributed by atoms with Gasteiger partial charge < -0.3 is 19.7 Å². The van der Waals surface area contributed by atoms with Gasteiger partial charge >= 0.3 is 0 Å². The maximum absolute atomic E-state index is 5.51. The van der Waals surface area contributed by atoms with Crippen LogP contribution in [-0.4, -0.2) is 81.9 Å². The van der Waals surface area contributed by atoms with Crippen LogP contribution in [0.15, 0.2) is 29.3 Å². The van der Waals surface area contributed by atoms with E-state index in [4.69, 9.17) is 14.5 Å². The van der Waals surface area contributed by atoms with Crippen LogP contribution in [0.3, 0.4) is 0 Å². The van der Waals surface area contributed by atoms with Crippen LogP contribution in [0.1, 0.15) is 44.6 Å². The summed E-state index contributed by atoms with van der Waals surface area (Å²) in [5.41, 5.74) is 1.53. The molecule has 172 valence electrons. The Kier molecular flexibility index (Phi) is 7.72. The molecule has 6 heteroatoms. The number of likely N-dealkylation sites (tertiary alicyclic amines) is 1. The number of aliphatic imine (C=N–C) groups is 1. The van der Waals surface area contributed by atoms with E-state index >= 15 is 0 Å². The van der Waals surface area contributed by atoms with Gasteiger partial charge in [-0.15, -0.1) is 0 Å². The summed E-state index contributed by atoms with van der Waals surface area (Å²) in [6, 6.07) is 8.66. The SMILES string of the molecule is CCNC(=NCC1(c2cccc(OC)c2)CCCC1)N1CCC(CN2CCOCC2)C1. The van der Waals surface area contributed by atoms with Gasteiger partial charge in [-0.05, 0) is 49.8 Å². The number of ether oxygens (including phenoxy) is 2. The summed E-state index contributed by atoms with van der Waals surface area (Å²) < 4.78 is 11.0. The average molecular weight is 429 g/mol. The smallest absolute Gasteiger partial charge is 0.193 e. The van der Waals surface area contributed by atoms with Crippen molar-refractivity contribution >= 4 is 5.96 Å². The van der Waals surface area contributed by atoms with Crippen molar-refractivity contribution in [3.63, 3.8) is 0 Å². The van der Waals surface area contributed by atoms with Crippen molar-refractivity contribution in [3.05, 3.63) is 29.8 Å². The van der Waals surface area contributed by atoms with E-state index in [-0.39, 0.29) is 5.41 Å². The second kappa shape index (κ2) is 10.7. The Bertz CT molecular complexity index is 726. The molecule has 31 heavy (non-hydrogen) atoms. The van der Waals surface area contributed by atoms with E-state index in [9.17, 15) is 0 Å². The molecule has 3 fully saturated rings. The van der Waals surface area contributed by atoms with Crippen molar-refractivity contribution in [2.45, 2.75) is 44.4 Å². The first-order valence-electron chi connectivity index (χ1n) is 12.2. The lowest BCUT2D eigenvalue weighted by Gasteiger charge is -2.30. The van der Waals surface area contributed by atoms with E-state index in [1.807, 2.05) is 6.07 Å². The summed E-state index contributed by atoms with van der Waals surface area (Å²) in [7, 11) is 1.75. The molecule has 1 unspecified atom stereocenters. The predicted octanol–water partition coefficient (Wildman–Crippen LogP) is 3.13. The summed E-state index contributed by atoms with van der Waals surface area (Å²) in [4.78, 5) is 10.3. The summed E-state index contributed by atoms with van der Waals surface area (Å²) in [6.07, 6.45) is 6.25. The van der Waals surface area contributed by atoms with Gasteiger partial charge in [-0.2, -0.15) is 0 Å². The van der Waals surface area contributed by atoms with Gasteiger partial charge in [-0.25, -0.2) is 0 Å². The molecule has 6 nitrogen and oxygen atoms in total. The molecule has 0 spiro atoms. The molecular weight excluding hydrogens is 388 g/mol. The Morgan fingerprint density at radius 1 is 1.23 bits per heavy atom. The van der Waals surface area contributed by atoms with E-state index < -0.39 is 0 Å². The average Bonchev–Trinajstić information content (AvgIpc) is 3.48. The van der Waals surface area contributed by atoms with Crippen molar-refractivity contribution in [1.82, 2.24) is 15.1 Å². The Balaban J connectivity index is 1.43. The molecule has 1 aromatic rings. The number of morpholine rings is 1. The first-order chi connectivity index (χ1) is 15.2. The van der Waals surface area contributed by atoms with Crippen molar-refractivity contribution in [2.24, 2.45) is 10.9 Å². The lowest BCUT2D eigenvalue weighted by atomic mass is 9.79. The van der Waals surface area contributed by atoms with Gasteiger partial charge in [-0.3, -0.25) is 9.89 Å². The Labute approximate surface area is 188 Å². The first-order valence-corrected chi connectivity index (χ1v) is 12.2. The largest absolute Gasteiger partial charge is 0.497 e. The van der Waals surface area contributed by atoms with Gasteiger partial charge in [-0.1, -0.05) is 25.0 Å². The lowest BCUT2D eigenvalue weighted by Crippen LogP contribution is -2.43. The molecule has 0 bridgehead atoms. The zero-order chi connectivity index (χ0) is 21.5. The number of hydrogen-bond acceptors (Lipinski definition) is 4. The minimum absolute atomic E-state index is 0.141. The molecule has 0 amide bonds. The fraction of sp³-hybridized carbons (Fsp3) is 0.720. The van der Waals surface area contributed by atoms with Crippen molar-refractivity contribution in [2.75, 3.05) is 66.1 Å². The monoisotopic (exact) mass is 428 g/mol. The molecule has 2 aliphatic heterocycles. The third kappa shape index (κ3) is 5.53. The van der Waals surface area contributed by atoms with E-state index in [0.29, 0.717) is 0 Å². The second-order valence-electron chi connectivity index (χ2n) is 9.40. The van der Waals surface area contributed by atoms with Crippen LogP contribution >= 0.6 is 0 Å². The Morgan fingerprint density at radius 3 is 2.77 bits per heavy atom. The van der Waals surface area contributed by atoms with Gasteiger partial charge in [0.25, 0.3) is 0 Å². The third-order valence-electron chi connectivity index (χ3n) is 7.31. The van der Waals surface area contributed by atoms with E-state index in [2.05, 4.69) is 40.2 Å². The zero-order valence-electron chi connectivity index (χ0n) is 19.4. The molecule has 1 aliphatic carbocycles. The second-order valence-corrected chi connectivity index (χ2v) is 9.40. The molecule has 1 saturated carbocycles. The maximum atomic E-state index is 5.51. The highest BCUT2D eigenvalue weighted by Crippen LogP contribution is 2.42. The Hall–Kier alpha value is -1.79. The highest BCUT2D eigenvalue weighted by atomic mass is 16.5. The van der Waals surface area contributed by atoms with Gasteiger partial charge in [0.15, 0.2) is 5.96 Å². The maximum Gasteiger partial charge on any atom is 0.193 e. The summed E-state index contributed by atoms with van der Waals surface area (Å²) in [5, 5.41) is 3.58. The molecule has 1 atom stereocenters. The molecule has 3 aliphatic rings. The van der Waals surface area contributed by atoms with Gasteiger partial charge in [0.1, 0.15) is 5.75 Å². The number of guanidine groups is 1. The standard InChI is InChI=1S/C25H40N4O2/c1-3-26-24(29-12-9-21(19-29)18-28-13-15-31-16-14-28)27-20-25(10-4-5-11-25)22-7-6-8-23(17-22)30-2/h6-8,17,21H,3-5,9-16,18-20H2,1-2H3,(H,26,27). The van der Waals surface area contributed by atoms with Crippen LogP contribution < -0.4 is 10.1 Å². The topological polar surface area (TPSA) is 49.3 Å². The molecule has 4 rings (SSSR count). The quantitative estimate of drug-likeness (QED) is 0.534. The van der Waals surface area contributed by atoms with Crippen molar-refractivity contribution in [3.8, 4) is 5.75 Å². The normalized spacial score (nSPS) is 24.5. The van der Waals surface area contributed by atoms with Crippen LogP contribution in [0.4, 0.5) is 0 Å². The highest BCUT2D eigenvalue weighted by Gasteiger charge is 2.36. The number of nitrogens with one attached hydrogen (secondary N) is 1. The summed E-state index contributed by atoms with van der Waals surface area (Å²) >= 11 is 0. The molecule has 0 aromatic heterocycles. The minimum atomic E-state index is 0.141.